The van der Waals surface area contributed by atoms with Crippen molar-refractivity contribution in [1.82, 2.24) is 0 Å². The molecule has 0 spiro atoms. The van der Waals surface area contributed by atoms with Gasteiger partial charge in [-0.3, -0.25) is 0 Å². The standard InChI is InChI=1S/C16H15F3O/c17-16(18,19)15-8-4-5-12(10-15)9-14(11-20)13-6-2-1-3-7-13/h1-8,10,14,20H,9,11H2. The van der Waals surface area contributed by atoms with E-state index < -0.39 is 11.7 Å². The molecule has 1 nitrogen and oxygen atoms in total. The van der Waals surface area contributed by atoms with E-state index in [1.165, 1.54) is 6.07 Å². The summed E-state index contributed by atoms with van der Waals surface area (Å²) in [6, 6.07) is 14.6. The summed E-state index contributed by atoms with van der Waals surface area (Å²) in [5.74, 6) is -0.195. The molecule has 1 atom stereocenters. The second-order valence-corrected chi connectivity index (χ2v) is 4.69. The number of halogens is 3. The van der Waals surface area contributed by atoms with Crippen molar-refractivity contribution in [3.8, 4) is 0 Å². The SMILES string of the molecule is OCC(Cc1cccc(C(F)(F)F)c1)c1ccccc1. The summed E-state index contributed by atoms with van der Waals surface area (Å²) in [5.41, 5.74) is 0.842. The summed E-state index contributed by atoms with van der Waals surface area (Å²) >= 11 is 0. The number of rotatable bonds is 4. The first-order valence-electron chi connectivity index (χ1n) is 6.32. The molecule has 1 N–H and O–H groups in total. The fraction of sp³-hybridized carbons (Fsp3) is 0.250. The minimum Gasteiger partial charge on any atom is -0.396 e. The lowest BCUT2D eigenvalue weighted by atomic mass is 9.92. The van der Waals surface area contributed by atoms with Gasteiger partial charge in [0.2, 0.25) is 0 Å². The van der Waals surface area contributed by atoms with Gasteiger partial charge in [-0.25, -0.2) is 0 Å². The number of benzene rings is 2. The molecule has 1 unspecified atom stereocenters. The molecule has 0 amide bonds. The predicted octanol–water partition coefficient (Wildman–Crippen LogP) is 4.02. The van der Waals surface area contributed by atoms with Crippen LogP contribution >= 0.6 is 0 Å². The Kier molecular flexibility index (Phi) is 4.45. The number of alkyl halides is 3. The maximum absolute atomic E-state index is 12.7. The molecule has 0 aliphatic rings. The molecule has 0 radical (unpaired) electrons. The van der Waals surface area contributed by atoms with E-state index in [0.717, 1.165) is 17.7 Å². The third kappa shape index (κ3) is 3.61. The molecule has 0 aliphatic carbocycles. The molecular weight excluding hydrogens is 265 g/mol. The third-order valence-corrected chi connectivity index (χ3v) is 3.23. The summed E-state index contributed by atoms with van der Waals surface area (Å²) in [7, 11) is 0. The highest BCUT2D eigenvalue weighted by Crippen LogP contribution is 2.30. The molecule has 106 valence electrons. The van der Waals surface area contributed by atoms with E-state index in [1.807, 2.05) is 30.3 Å². The second-order valence-electron chi connectivity index (χ2n) is 4.69. The average Bonchev–Trinajstić information content (AvgIpc) is 2.45. The van der Waals surface area contributed by atoms with Gasteiger partial charge in [0.1, 0.15) is 0 Å². The molecule has 0 aliphatic heterocycles. The summed E-state index contributed by atoms with van der Waals surface area (Å²) in [6.07, 6.45) is -3.96. The molecule has 0 bridgehead atoms. The monoisotopic (exact) mass is 280 g/mol. The van der Waals surface area contributed by atoms with E-state index in [-0.39, 0.29) is 12.5 Å². The van der Waals surface area contributed by atoms with E-state index in [9.17, 15) is 18.3 Å². The third-order valence-electron chi connectivity index (χ3n) is 3.23. The van der Waals surface area contributed by atoms with Crippen molar-refractivity contribution >= 4 is 0 Å². The summed E-state index contributed by atoms with van der Waals surface area (Å²) in [6.45, 7) is -0.0970. The molecule has 2 rings (SSSR count). The minimum absolute atomic E-state index is 0.0970. The first-order valence-corrected chi connectivity index (χ1v) is 6.32. The van der Waals surface area contributed by atoms with Crippen LogP contribution in [0.1, 0.15) is 22.6 Å². The highest BCUT2D eigenvalue weighted by atomic mass is 19.4. The van der Waals surface area contributed by atoms with E-state index in [0.29, 0.717) is 12.0 Å². The van der Waals surface area contributed by atoms with Crippen molar-refractivity contribution in [1.29, 1.82) is 0 Å². The maximum atomic E-state index is 12.7. The Morgan fingerprint density at radius 2 is 1.65 bits per heavy atom. The zero-order chi connectivity index (χ0) is 14.6. The van der Waals surface area contributed by atoms with E-state index in [1.54, 1.807) is 6.07 Å². The van der Waals surface area contributed by atoms with Gasteiger partial charge in [0.05, 0.1) is 12.2 Å². The Morgan fingerprint density at radius 1 is 0.950 bits per heavy atom. The van der Waals surface area contributed by atoms with Crippen molar-refractivity contribution < 1.29 is 18.3 Å². The molecular formula is C16H15F3O. The van der Waals surface area contributed by atoms with E-state index >= 15 is 0 Å². The predicted molar refractivity (Wildman–Crippen MR) is 71.4 cm³/mol. The highest BCUT2D eigenvalue weighted by molar-refractivity contribution is 5.29. The first-order chi connectivity index (χ1) is 9.50. The van der Waals surface area contributed by atoms with Crippen LogP contribution in [0.3, 0.4) is 0 Å². The Balaban J connectivity index is 2.20. The van der Waals surface area contributed by atoms with Crippen LogP contribution in [0.2, 0.25) is 0 Å². The van der Waals surface area contributed by atoms with Crippen LogP contribution < -0.4 is 0 Å². The fourth-order valence-electron chi connectivity index (χ4n) is 2.17. The van der Waals surface area contributed by atoms with Crippen LogP contribution in [0.5, 0.6) is 0 Å². The molecule has 0 aromatic heterocycles. The molecule has 20 heavy (non-hydrogen) atoms. The Morgan fingerprint density at radius 3 is 2.25 bits per heavy atom. The fourth-order valence-corrected chi connectivity index (χ4v) is 2.17. The van der Waals surface area contributed by atoms with Crippen molar-refractivity contribution in [2.24, 2.45) is 0 Å². The summed E-state index contributed by atoms with van der Waals surface area (Å²) in [4.78, 5) is 0. The van der Waals surface area contributed by atoms with Crippen LogP contribution in [0.25, 0.3) is 0 Å². The van der Waals surface area contributed by atoms with Gasteiger partial charge in [-0.15, -0.1) is 0 Å². The topological polar surface area (TPSA) is 20.2 Å². The summed E-state index contributed by atoms with van der Waals surface area (Å²) in [5, 5.41) is 9.45. The number of hydrogen-bond acceptors (Lipinski definition) is 1. The van der Waals surface area contributed by atoms with Gasteiger partial charge in [-0.1, -0.05) is 48.5 Å². The molecule has 2 aromatic rings. The molecule has 0 saturated carbocycles. The lowest BCUT2D eigenvalue weighted by Gasteiger charge is -2.16. The van der Waals surface area contributed by atoms with E-state index in [4.69, 9.17) is 0 Å². The van der Waals surface area contributed by atoms with Crippen LogP contribution in [-0.2, 0) is 12.6 Å². The van der Waals surface area contributed by atoms with Crippen LogP contribution in [0.4, 0.5) is 13.2 Å². The maximum Gasteiger partial charge on any atom is 0.416 e. The zero-order valence-electron chi connectivity index (χ0n) is 10.8. The van der Waals surface area contributed by atoms with Gasteiger partial charge in [0.25, 0.3) is 0 Å². The van der Waals surface area contributed by atoms with Gasteiger partial charge >= 0.3 is 6.18 Å². The van der Waals surface area contributed by atoms with Crippen molar-refractivity contribution in [3.05, 3.63) is 71.3 Å². The zero-order valence-corrected chi connectivity index (χ0v) is 10.8. The lowest BCUT2D eigenvalue weighted by Crippen LogP contribution is -2.09. The average molecular weight is 280 g/mol. The summed E-state index contributed by atoms with van der Waals surface area (Å²) < 4.78 is 38.0. The molecule has 0 heterocycles. The molecule has 2 aromatic carbocycles. The first kappa shape index (κ1) is 14.6. The lowest BCUT2D eigenvalue weighted by molar-refractivity contribution is -0.137. The van der Waals surface area contributed by atoms with Crippen LogP contribution in [0.15, 0.2) is 54.6 Å². The second kappa shape index (κ2) is 6.09. The largest absolute Gasteiger partial charge is 0.416 e. The number of aliphatic hydroxyl groups excluding tert-OH is 1. The van der Waals surface area contributed by atoms with Gasteiger partial charge in [-0.05, 0) is 23.6 Å². The number of hydrogen-bond donors (Lipinski definition) is 1. The van der Waals surface area contributed by atoms with Crippen molar-refractivity contribution in [2.75, 3.05) is 6.61 Å². The Labute approximate surface area is 115 Å². The van der Waals surface area contributed by atoms with Gasteiger partial charge in [-0.2, -0.15) is 13.2 Å². The molecule has 0 saturated heterocycles. The van der Waals surface area contributed by atoms with Crippen molar-refractivity contribution in [3.63, 3.8) is 0 Å². The highest BCUT2D eigenvalue weighted by Gasteiger charge is 2.30. The Bertz CT molecular complexity index is 549. The van der Waals surface area contributed by atoms with Gasteiger partial charge in [0, 0.05) is 5.92 Å². The van der Waals surface area contributed by atoms with Gasteiger partial charge < -0.3 is 5.11 Å². The Hall–Kier alpha value is -1.81. The van der Waals surface area contributed by atoms with E-state index in [2.05, 4.69) is 0 Å². The van der Waals surface area contributed by atoms with Crippen LogP contribution in [0, 0.1) is 0 Å². The molecule has 0 fully saturated rings. The smallest absolute Gasteiger partial charge is 0.396 e. The van der Waals surface area contributed by atoms with Gasteiger partial charge in [0.15, 0.2) is 0 Å². The minimum atomic E-state index is -4.34. The van der Waals surface area contributed by atoms with Crippen molar-refractivity contribution in [2.45, 2.75) is 18.5 Å². The molecule has 4 heteroatoms. The normalized spacial score (nSPS) is 13.2. The quantitative estimate of drug-likeness (QED) is 0.896. The van der Waals surface area contributed by atoms with Crippen LogP contribution in [-0.4, -0.2) is 11.7 Å². The number of aliphatic hydroxyl groups is 1.